The third kappa shape index (κ3) is 4.45. The van der Waals surface area contributed by atoms with Gasteiger partial charge in [0.25, 0.3) is 5.91 Å². The monoisotopic (exact) mass is 414 g/mol. The van der Waals surface area contributed by atoms with E-state index in [1.807, 2.05) is 56.5 Å². The molecular formula is C22H26N2O4S. The van der Waals surface area contributed by atoms with Crippen molar-refractivity contribution in [1.29, 1.82) is 0 Å². The smallest absolute Gasteiger partial charge is 0.279 e. The number of rotatable bonds is 8. The molecule has 1 amide bonds. The van der Waals surface area contributed by atoms with Crippen molar-refractivity contribution in [3.63, 3.8) is 0 Å². The molecule has 0 spiro atoms. The zero-order valence-electron chi connectivity index (χ0n) is 17.2. The molecule has 0 radical (unpaired) electrons. The molecule has 0 aliphatic rings. The number of fused-ring (bicyclic) bond motifs is 1. The highest BCUT2D eigenvalue weighted by Crippen LogP contribution is 2.39. The van der Waals surface area contributed by atoms with Gasteiger partial charge >= 0.3 is 0 Å². The number of thiazole rings is 1. The zero-order chi connectivity index (χ0) is 20.8. The lowest BCUT2D eigenvalue weighted by atomic mass is 10.1. The summed E-state index contributed by atoms with van der Waals surface area (Å²) < 4.78 is 20.3. The summed E-state index contributed by atoms with van der Waals surface area (Å²) >= 11 is 1.50. The average Bonchev–Trinajstić information content (AvgIpc) is 3.07. The molecule has 29 heavy (non-hydrogen) atoms. The molecule has 154 valence electrons. The highest BCUT2D eigenvalue weighted by atomic mass is 32.1. The van der Waals surface area contributed by atoms with Crippen LogP contribution in [-0.2, 0) is 6.54 Å². The van der Waals surface area contributed by atoms with E-state index in [0.717, 1.165) is 16.8 Å². The van der Waals surface area contributed by atoms with E-state index in [0.29, 0.717) is 47.4 Å². The van der Waals surface area contributed by atoms with Gasteiger partial charge in [-0.05, 0) is 52.0 Å². The summed E-state index contributed by atoms with van der Waals surface area (Å²) in [6.45, 7) is 9.81. The maximum atomic E-state index is 13.0. The van der Waals surface area contributed by atoms with Gasteiger partial charge in [0.05, 0.1) is 30.0 Å². The molecular weight excluding hydrogens is 388 g/mol. The standard InChI is InChI=1S/C22H26N2O4S/c1-5-24-16-11-9-10-12-19(16)29-22(24)23-21(25)15-13-17(26-6-2)20(28-8-4)18(14-15)27-7-3/h9-14H,5-8H2,1-4H3. The lowest BCUT2D eigenvalue weighted by molar-refractivity contribution is 0.0996. The fourth-order valence-electron chi connectivity index (χ4n) is 3.08. The van der Waals surface area contributed by atoms with Crippen molar-refractivity contribution >= 4 is 27.5 Å². The van der Waals surface area contributed by atoms with E-state index in [1.165, 1.54) is 11.3 Å². The van der Waals surface area contributed by atoms with Crippen molar-refractivity contribution in [2.45, 2.75) is 34.2 Å². The van der Waals surface area contributed by atoms with Crippen LogP contribution < -0.4 is 19.0 Å². The second kappa shape index (κ2) is 9.60. The van der Waals surface area contributed by atoms with Gasteiger partial charge in [0.15, 0.2) is 16.3 Å². The molecule has 7 heteroatoms. The van der Waals surface area contributed by atoms with Gasteiger partial charge in [-0.15, -0.1) is 0 Å². The van der Waals surface area contributed by atoms with Crippen molar-refractivity contribution in [2.24, 2.45) is 4.99 Å². The van der Waals surface area contributed by atoms with Crippen molar-refractivity contribution in [1.82, 2.24) is 4.57 Å². The number of amides is 1. The molecule has 0 unspecified atom stereocenters. The topological polar surface area (TPSA) is 62.0 Å². The normalized spacial score (nSPS) is 11.7. The first kappa shape index (κ1) is 20.9. The fourth-order valence-corrected chi connectivity index (χ4v) is 4.17. The lowest BCUT2D eigenvalue weighted by Crippen LogP contribution is -2.16. The third-order valence-electron chi connectivity index (χ3n) is 4.26. The predicted molar refractivity (Wildman–Crippen MR) is 115 cm³/mol. The highest BCUT2D eigenvalue weighted by Gasteiger charge is 2.18. The largest absolute Gasteiger partial charge is 0.490 e. The number of aromatic nitrogens is 1. The third-order valence-corrected chi connectivity index (χ3v) is 5.32. The summed E-state index contributed by atoms with van der Waals surface area (Å²) in [7, 11) is 0. The minimum Gasteiger partial charge on any atom is -0.490 e. The molecule has 0 saturated carbocycles. The Balaban J connectivity index is 2.10. The van der Waals surface area contributed by atoms with Crippen LogP contribution in [0.2, 0.25) is 0 Å². The quantitative estimate of drug-likeness (QED) is 0.538. The van der Waals surface area contributed by atoms with Crippen LogP contribution in [0.1, 0.15) is 38.1 Å². The number of hydrogen-bond acceptors (Lipinski definition) is 5. The second-order valence-electron chi connectivity index (χ2n) is 6.11. The van der Waals surface area contributed by atoms with E-state index in [4.69, 9.17) is 14.2 Å². The number of aryl methyl sites for hydroxylation is 1. The van der Waals surface area contributed by atoms with Crippen LogP contribution in [0.25, 0.3) is 10.2 Å². The number of hydrogen-bond donors (Lipinski definition) is 0. The minimum atomic E-state index is -0.344. The molecule has 0 aliphatic carbocycles. The Morgan fingerprint density at radius 2 is 1.59 bits per heavy atom. The SMILES string of the molecule is CCOc1cc(C(=O)N=c2sc3ccccc3n2CC)cc(OCC)c1OCC. The van der Waals surface area contributed by atoms with Crippen LogP contribution in [-0.4, -0.2) is 30.3 Å². The van der Waals surface area contributed by atoms with Crippen LogP contribution in [0.15, 0.2) is 41.4 Å². The number of carbonyl (C=O) groups excluding carboxylic acids is 1. The minimum absolute atomic E-state index is 0.344. The summed E-state index contributed by atoms with van der Waals surface area (Å²) in [6.07, 6.45) is 0. The molecule has 0 bridgehead atoms. The van der Waals surface area contributed by atoms with E-state index >= 15 is 0 Å². The van der Waals surface area contributed by atoms with Crippen molar-refractivity contribution in [3.05, 3.63) is 46.8 Å². The molecule has 0 saturated heterocycles. The van der Waals surface area contributed by atoms with Crippen molar-refractivity contribution < 1.29 is 19.0 Å². The summed E-state index contributed by atoms with van der Waals surface area (Å²) in [5, 5.41) is 0. The zero-order valence-corrected chi connectivity index (χ0v) is 18.0. The van der Waals surface area contributed by atoms with Gasteiger partial charge in [-0.2, -0.15) is 4.99 Å². The Bertz CT molecular complexity index is 1040. The summed E-state index contributed by atoms with van der Waals surface area (Å²) in [6, 6.07) is 11.4. The molecule has 0 atom stereocenters. The maximum absolute atomic E-state index is 13.0. The average molecular weight is 415 g/mol. The predicted octanol–water partition coefficient (Wildman–Crippen LogP) is 4.66. The fraction of sp³-hybridized carbons (Fsp3) is 0.364. The van der Waals surface area contributed by atoms with E-state index in [9.17, 15) is 4.79 Å². The Morgan fingerprint density at radius 3 is 2.17 bits per heavy atom. The van der Waals surface area contributed by atoms with E-state index in [1.54, 1.807) is 12.1 Å². The number of benzene rings is 2. The second-order valence-corrected chi connectivity index (χ2v) is 7.12. The molecule has 0 fully saturated rings. The molecule has 2 aromatic carbocycles. The molecule has 0 N–H and O–H groups in total. The van der Waals surface area contributed by atoms with Gasteiger partial charge in [0.1, 0.15) is 0 Å². The Labute approximate surface area is 174 Å². The van der Waals surface area contributed by atoms with Gasteiger partial charge in [0.2, 0.25) is 5.75 Å². The van der Waals surface area contributed by atoms with Crippen LogP contribution in [0, 0.1) is 0 Å². The van der Waals surface area contributed by atoms with Crippen LogP contribution in [0.5, 0.6) is 17.2 Å². The van der Waals surface area contributed by atoms with E-state index in [-0.39, 0.29) is 5.91 Å². The first-order chi connectivity index (χ1) is 14.1. The Kier molecular flexibility index (Phi) is 6.93. The summed E-state index contributed by atoms with van der Waals surface area (Å²) in [5.41, 5.74) is 1.48. The van der Waals surface area contributed by atoms with Gasteiger partial charge < -0.3 is 18.8 Å². The first-order valence-electron chi connectivity index (χ1n) is 9.86. The van der Waals surface area contributed by atoms with E-state index < -0.39 is 0 Å². The lowest BCUT2D eigenvalue weighted by Gasteiger charge is -2.16. The molecule has 3 rings (SSSR count). The van der Waals surface area contributed by atoms with Gasteiger partial charge in [-0.25, -0.2) is 0 Å². The summed E-state index contributed by atoms with van der Waals surface area (Å²) in [5.74, 6) is 1.14. The molecule has 3 aromatic rings. The van der Waals surface area contributed by atoms with Crippen LogP contribution >= 0.6 is 11.3 Å². The Hall–Kier alpha value is -2.80. The van der Waals surface area contributed by atoms with Crippen molar-refractivity contribution in [2.75, 3.05) is 19.8 Å². The van der Waals surface area contributed by atoms with E-state index in [2.05, 4.69) is 4.99 Å². The molecule has 1 aromatic heterocycles. The molecule has 1 heterocycles. The summed E-state index contributed by atoms with van der Waals surface area (Å²) in [4.78, 5) is 18.1. The Morgan fingerprint density at radius 1 is 0.966 bits per heavy atom. The van der Waals surface area contributed by atoms with Gasteiger partial charge in [-0.1, -0.05) is 23.5 Å². The number of ether oxygens (including phenoxy) is 3. The molecule has 0 aliphatic heterocycles. The maximum Gasteiger partial charge on any atom is 0.279 e. The highest BCUT2D eigenvalue weighted by molar-refractivity contribution is 7.16. The van der Waals surface area contributed by atoms with Crippen molar-refractivity contribution in [3.8, 4) is 17.2 Å². The number of nitrogens with zero attached hydrogens (tertiary/aromatic N) is 2. The number of para-hydroxylation sites is 1. The van der Waals surface area contributed by atoms with Crippen LogP contribution in [0.3, 0.4) is 0 Å². The first-order valence-corrected chi connectivity index (χ1v) is 10.7. The van der Waals surface area contributed by atoms with Gasteiger partial charge in [-0.3, -0.25) is 4.79 Å². The number of carbonyl (C=O) groups is 1. The van der Waals surface area contributed by atoms with Crippen LogP contribution in [0.4, 0.5) is 0 Å². The molecule has 6 nitrogen and oxygen atoms in total. The van der Waals surface area contributed by atoms with Gasteiger partial charge in [0, 0.05) is 12.1 Å².